The monoisotopic (exact) mass is 513 g/mol. The van der Waals surface area contributed by atoms with Crippen molar-refractivity contribution in [1.29, 1.82) is 0 Å². The molecule has 1 atom stereocenters. The van der Waals surface area contributed by atoms with Gasteiger partial charge in [-0.2, -0.15) is 0 Å². The third-order valence-corrected chi connectivity index (χ3v) is 6.44. The highest BCUT2D eigenvalue weighted by molar-refractivity contribution is 7.92. The molecule has 0 aliphatic heterocycles. The van der Waals surface area contributed by atoms with E-state index >= 15 is 0 Å². The molecule has 2 amide bonds. The number of nitrogens with one attached hydrogen (secondary N) is 1. The van der Waals surface area contributed by atoms with Crippen LogP contribution in [0.1, 0.15) is 26.3 Å². The van der Waals surface area contributed by atoms with E-state index in [1.165, 1.54) is 23.1 Å². The molecule has 0 spiro atoms. The summed E-state index contributed by atoms with van der Waals surface area (Å²) in [6.07, 6.45) is 0.995. The first-order chi connectivity index (χ1) is 15.4. The maximum atomic E-state index is 13.4. The number of carbonyl (C=O) groups is 2. The average Bonchev–Trinajstić information content (AvgIpc) is 2.72. The maximum Gasteiger partial charge on any atom is 0.244 e. The fourth-order valence-corrected chi connectivity index (χ4v) is 4.46. The van der Waals surface area contributed by atoms with E-state index in [-0.39, 0.29) is 34.1 Å². The van der Waals surface area contributed by atoms with Gasteiger partial charge in [-0.25, -0.2) is 8.42 Å². The molecule has 10 heteroatoms. The van der Waals surface area contributed by atoms with E-state index in [0.717, 1.165) is 16.1 Å². The number of hydrogen-bond acceptors (Lipinski definition) is 4. The maximum absolute atomic E-state index is 13.4. The van der Waals surface area contributed by atoms with E-state index in [1.807, 2.05) is 44.2 Å². The zero-order valence-corrected chi connectivity index (χ0v) is 21.4. The number of carbonyl (C=O) groups excluding carboxylic acids is 2. The second kappa shape index (κ2) is 11.7. The third-order valence-electron chi connectivity index (χ3n) is 4.86. The Morgan fingerprint density at radius 2 is 1.58 bits per heavy atom. The summed E-state index contributed by atoms with van der Waals surface area (Å²) in [7, 11) is -3.85. The molecular weight excluding hydrogens is 485 g/mol. The molecule has 2 rings (SSSR count). The highest BCUT2D eigenvalue weighted by Gasteiger charge is 2.30. The van der Waals surface area contributed by atoms with Crippen molar-refractivity contribution in [2.75, 3.05) is 23.7 Å². The number of amides is 2. The molecule has 0 unspecified atom stereocenters. The summed E-state index contributed by atoms with van der Waals surface area (Å²) in [4.78, 5) is 27.5. The molecule has 2 aromatic rings. The van der Waals surface area contributed by atoms with Crippen LogP contribution in [-0.4, -0.2) is 50.5 Å². The van der Waals surface area contributed by atoms with Crippen LogP contribution in [0, 0.1) is 5.92 Å². The molecule has 0 heterocycles. The number of rotatable bonds is 10. The second-order valence-electron chi connectivity index (χ2n) is 8.22. The highest BCUT2D eigenvalue weighted by Crippen LogP contribution is 2.27. The number of hydrogen-bond donors (Lipinski definition) is 1. The molecule has 1 N–H and O–H groups in total. The predicted molar refractivity (Wildman–Crippen MR) is 133 cm³/mol. The van der Waals surface area contributed by atoms with Gasteiger partial charge in [-0.15, -0.1) is 0 Å². The highest BCUT2D eigenvalue weighted by atomic mass is 35.5. The lowest BCUT2D eigenvalue weighted by atomic mass is 10.1. The van der Waals surface area contributed by atoms with Gasteiger partial charge in [0.15, 0.2) is 0 Å². The van der Waals surface area contributed by atoms with Crippen molar-refractivity contribution >= 4 is 50.7 Å². The normalized spacial score (nSPS) is 12.3. The summed E-state index contributed by atoms with van der Waals surface area (Å²) in [5, 5.41) is 3.31. The van der Waals surface area contributed by atoms with Gasteiger partial charge >= 0.3 is 0 Å². The summed E-state index contributed by atoms with van der Waals surface area (Å²) >= 11 is 12.1. The molecule has 0 aliphatic rings. The molecule has 7 nitrogen and oxygen atoms in total. The van der Waals surface area contributed by atoms with E-state index in [4.69, 9.17) is 23.2 Å². The van der Waals surface area contributed by atoms with E-state index < -0.39 is 28.5 Å². The van der Waals surface area contributed by atoms with Crippen LogP contribution in [0.15, 0.2) is 48.5 Å². The SMILES string of the molecule is CC(C)CNC(=O)[C@H](C)N(Cc1ccccc1)C(=O)CN(c1cc(Cl)cc(Cl)c1)S(C)(=O)=O. The molecule has 0 bridgehead atoms. The number of anilines is 1. The van der Waals surface area contributed by atoms with Crippen LogP contribution in [0.5, 0.6) is 0 Å². The Balaban J connectivity index is 2.37. The Morgan fingerprint density at radius 1 is 1.00 bits per heavy atom. The Kier molecular flexibility index (Phi) is 9.57. The Labute approximate surface area is 205 Å². The van der Waals surface area contributed by atoms with Crippen molar-refractivity contribution in [3.63, 3.8) is 0 Å². The van der Waals surface area contributed by atoms with Gasteiger partial charge in [-0.05, 0) is 36.6 Å². The van der Waals surface area contributed by atoms with Crippen molar-refractivity contribution in [2.24, 2.45) is 5.92 Å². The number of halogens is 2. The van der Waals surface area contributed by atoms with Crippen LogP contribution >= 0.6 is 23.2 Å². The van der Waals surface area contributed by atoms with Crippen LogP contribution in [0.4, 0.5) is 5.69 Å². The molecule has 0 radical (unpaired) electrons. The van der Waals surface area contributed by atoms with Gasteiger partial charge in [0.25, 0.3) is 0 Å². The first-order valence-corrected chi connectivity index (χ1v) is 13.0. The molecular formula is C23H29Cl2N3O4S. The smallest absolute Gasteiger partial charge is 0.244 e. The van der Waals surface area contributed by atoms with Gasteiger partial charge in [0.1, 0.15) is 12.6 Å². The van der Waals surface area contributed by atoms with Gasteiger partial charge < -0.3 is 10.2 Å². The molecule has 0 saturated carbocycles. The second-order valence-corrected chi connectivity index (χ2v) is 11.0. The van der Waals surface area contributed by atoms with E-state index in [9.17, 15) is 18.0 Å². The Morgan fingerprint density at radius 3 is 2.09 bits per heavy atom. The summed E-state index contributed by atoms with van der Waals surface area (Å²) < 4.78 is 26.0. The van der Waals surface area contributed by atoms with E-state index in [2.05, 4.69) is 5.32 Å². The Bertz CT molecular complexity index is 1060. The summed E-state index contributed by atoms with van der Waals surface area (Å²) in [5.41, 5.74) is 0.978. The van der Waals surface area contributed by atoms with Gasteiger partial charge in [0, 0.05) is 23.1 Å². The minimum absolute atomic E-state index is 0.143. The zero-order valence-electron chi connectivity index (χ0n) is 19.1. The molecule has 0 aliphatic carbocycles. The van der Waals surface area contributed by atoms with Crippen molar-refractivity contribution in [3.05, 3.63) is 64.1 Å². The standard InChI is InChI=1S/C23H29Cl2N3O4S/c1-16(2)13-26-23(30)17(3)27(14-18-8-6-5-7-9-18)22(29)15-28(33(4,31)32)21-11-19(24)10-20(25)12-21/h5-12,16-17H,13-15H2,1-4H3,(H,26,30)/t17-/m0/s1. The molecule has 180 valence electrons. The lowest BCUT2D eigenvalue weighted by Crippen LogP contribution is -2.51. The fraction of sp³-hybridized carbons (Fsp3) is 0.391. The first kappa shape index (κ1) is 27.0. The van der Waals surface area contributed by atoms with Crippen LogP contribution in [0.3, 0.4) is 0 Å². The van der Waals surface area contributed by atoms with Crippen molar-refractivity contribution < 1.29 is 18.0 Å². The molecule has 2 aromatic carbocycles. The minimum atomic E-state index is -3.85. The Hall–Kier alpha value is -2.29. The van der Waals surface area contributed by atoms with Crippen LogP contribution < -0.4 is 9.62 Å². The lowest BCUT2D eigenvalue weighted by Gasteiger charge is -2.31. The lowest BCUT2D eigenvalue weighted by molar-refractivity contribution is -0.139. The van der Waals surface area contributed by atoms with Crippen molar-refractivity contribution in [1.82, 2.24) is 10.2 Å². The van der Waals surface area contributed by atoms with Crippen molar-refractivity contribution in [3.8, 4) is 0 Å². The van der Waals surface area contributed by atoms with Gasteiger partial charge in [-0.3, -0.25) is 13.9 Å². The molecule has 0 saturated heterocycles. The van der Waals surface area contributed by atoms with Crippen LogP contribution in [-0.2, 0) is 26.2 Å². The van der Waals surface area contributed by atoms with Gasteiger partial charge in [0.05, 0.1) is 11.9 Å². The van der Waals surface area contributed by atoms with Gasteiger partial charge in [-0.1, -0.05) is 67.4 Å². The molecule has 33 heavy (non-hydrogen) atoms. The van der Waals surface area contributed by atoms with Crippen LogP contribution in [0.25, 0.3) is 0 Å². The number of sulfonamides is 1. The summed E-state index contributed by atoms with van der Waals surface area (Å²) in [6, 6.07) is 12.7. The molecule has 0 fully saturated rings. The van der Waals surface area contributed by atoms with E-state index in [1.54, 1.807) is 6.92 Å². The first-order valence-electron chi connectivity index (χ1n) is 10.4. The predicted octanol–water partition coefficient (Wildman–Crippen LogP) is 3.95. The zero-order chi connectivity index (χ0) is 24.8. The average molecular weight is 514 g/mol. The van der Waals surface area contributed by atoms with E-state index in [0.29, 0.717) is 6.54 Å². The fourth-order valence-electron chi connectivity index (χ4n) is 3.11. The topological polar surface area (TPSA) is 86.8 Å². The number of benzene rings is 2. The summed E-state index contributed by atoms with van der Waals surface area (Å²) in [6.45, 7) is 5.66. The number of nitrogens with zero attached hydrogens (tertiary/aromatic N) is 2. The van der Waals surface area contributed by atoms with Crippen molar-refractivity contribution in [2.45, 2.75) is 33.4 Å². The largest absolute Gasteiger partial charge is 0.354 e. The van der Waals surface area contributed by atoms with Gasteiger partial charge in [0.2, 0.25) is 21.8 Å². The minimum Gasteiger partial charge on any atom is -0.354 e. The molecule has 0 aromatic heterocycles. The van der Waals surface area contributed by atoms with Crippen LogP contribution in [0.2, 0.25) is 10.0 Å². The third kappa shape index (κ3) is 8.21. The summed E-state index contributed by atoms with van der Waals surface area (Å²) in [5.74, 6) is -0.606. The quantitative estimate of drug-likeness (QED) is 0.520.